The van der Waals surface area contributed by atoms with Crippen molar-refractivity contribution in [2.45, 2.75) is 17.9 Å². The number of sulfone groups is 1. The Balaban J connectivity index is 1.36. The fraction of sp³-hybridized carbons (Fsp3) is 0.235. The lowest BCUT2D eigenvalue weighted by Crippen LogP contribution is -2.25. The second-order valence-electron chi connectivity index (χ2n) is 5.92. The molecule has 0 fully saturated rings. The summed E-state index contributed by atoms with van der Waals surface area (Å²) in [4.78, 5) is 12.2. The van der Waals surface area contributed by atoms with Crippen molar-refractivity contribution < 1.29 is 22.7 Å². The zero-order valence-corrected chi connectivity index (χ0v) is 15.7. The summed E-state index contributed by atoms with van der Waals surface area (Å²) in [5.74, 6) is 0.660. The zero-order valence-electron chi connectivity index (χ0n) is 14.0. The van der Waals surface area contributed by atoms with Gasteiger partial charge in [0.05, 0.1) is 22.4 Å². The molecule has 8 nitrogen and oxygen atoms in total. The van der Waals surface area contributed by atoms with Crippen LogP contribution in [0.4, 0.5) is 0 Å². The van der Waals surface area contributed by atoms with Crippen LogP contribution in [0.1, 0.15) is 12.0 Å². The molecular weight excluding hydrogens is 390 g/mol. The topological polar surface area (TPSA) is 107 Å². The number of hydrogen-bond acceptors (Lipinski definition) is 8. The zero-order chi connectivity index (χ0) is 18.9. The van der Waals surface area contributed by atoms with Crippen molar-refractivity contribution in [1.29, 1.82) is 0 Å². The number of aromatic nitrogens is 2. The van der Waals surface area contributed by atoms with E-state index in [9.17, 15) is 13.2 Å². The summed E-state index contributed by atoms with van der Waals surface area (Å²) in [5.41, 5.74) is 1.73. The number of fused-ring (bicyclic) bond motifs is 2. The van der Waals surface area contributed by atoms with Crippen molar-refractivity contribution in [2.75, 3.05) is 12.5 Å². The molecule has 1 amide bonds. The summed E-state index contributed by atoms with van der Waals surface area (Å²) < 4.78 is 43.8. The minimum atomic E-state index is -3.64. The van der Waals surface area contributed by atoms with Gasteiger partial charge in [0.2, 0.25) is 12.7 Å². The van der Waals surface area contributed by atoms with Crippen molar-refractivity contribution >= 4 is 38.5 Å². The molecule has 0 bridgehead atoms. The first kappa shape index (κ1) is 17.7. The summed E-state index contributed by atoms with van der Waals surface area (Å²) in [6.07, 6.45) is -0.138. The maximum atomic E-state index is 12.6. The Morgan fingerprint density at radius 1 is 1.15 bits per heavy atom. The Morgan fingerprint density at radius 2 is 2.00 bits per heavy atom. The first-order valence-electron chi connectivity index (χ1n) is 8.12. The lowest BCUT2D eigenvalue weighted by atomic mass is 10.2. The molecule has 140 valence electrons. The molecule has 27 heavy (non-hydrogen) atoms. The number of ether oxygens (including phenoxy) is 2. The van der Waals surface area contributed by atoms with Crippen molar-refractivity contribution in [3.05, 3.63) is 42.0 Å². The molecule has 1 aromatic heterocycles. The van der Waals surface area contributed by atoms with Crippen molar-refractivity contribution in [3.63, 3.8) is 0 Å². The summed E-state index contributed by atoms with van der Waals surface area (Å²) in [5, 5.41) is 2.72. The lowest BCUT2D eigenvalue weighted by molar-refractivity contribution is -0.120. The van der Waals surface area contributed by atoms with Crippen LogP contribution in [0.15, 0.2) is 41.3 Å². The minimum absolute atomic E-state index is 0.109. The van der Waals surface area contributed by atoms with E-state index in [1.807, 2.05) is 6.07 Å². The Morgan fingerprint density at radius 3 is 2.89 bits per heavy atom. The van der Waals surface area contributed by atoms with Gasteiger partial charge in [0.15, 0.2) is 21.3 Å². The van der Waals surface area contributed by atoms with Crippen LogP contribution in [0, 0.1) is 0 Å². The number of carbonyl (C=O) groups is 1. The van der Waals surface area contributed by atoms with Gasteiger partial charge in [-0.1, -0.05) is 12.1 Å². The van der Waals surface area contributed by atoms with Crippen LogP contribution in [0.25, 0.3) is 11.0 Å². The van der Waals surface area contributed by atoms with Gasteiger partial charge in [-0.15, -0.1) is 0 Å². The lowest BCUT2D eigenvalue weighted by Gasteiger charge is -2.07. The Labute approximate surface area is 159 Å². The van der Waals surface area contributed by atoms with Crippen molar-refractivity contribution in [1.82, 2.24) is 14.1 Å². The molecule has 2 heterocycles. The number of nitrogens with one attached hydrogen (secondary N) is 1. The second-order valence-corrected chi connectivity index (χ2v) is 8.53. The molecule has 0 spiro atoms. The standard InChI is InChI=1S/C17H15N3O5S2/c21-16(18-9-11-4-5-13-14(8-11)25-10-24-13)6-7-27(22,23)15-3-1-2-12-17(15)20-26-19-12/h1-5,8H,6-7,9-10H2,(H,18,21). The quantitative estimate of drug-likeness (QED) is 0.667. The van der Waals surface area contributed by atoms with E-state index in [0.717, 1.165) is 17.3 Å². The van der Waals surface area contributed by atoms with Crippen LogP contribution in [0.3, 0.4) is 0 Å². The molecule has 2 aromatic carbocycles. The average Bonchev–Trinajstić information content (AvgIpc) is 3.32. The highest BCUT2D eigenvalue weighted by Gasteiger charge is 2.21. The van der Waals surface area contributed by atoms with E-state index in [4.69, 9.17) is 9.47 Å². The van der Waals surface area contributed by atoms with Crippen LogP contribution in [0.5, 0.6) is 11.5 Å². The highest BCUT2D eigenvalue weighted by molar-refractivity contribution is 7.91. The highest BCUT2D eigenvalue weighted by Crippen LogP contribution is 2.32. The van der Waals surface area contributed by atoms with Crippen LogP contribution < -0.4 is 14.8 Å². The van der Waals surface area contributed by atoms with Crippen molar-refractivity contribution in [2.24, 2.45) is 0 Å². The monoisotopic (exact) mass is 405 g/mol. The molecule has 0 radical (unpaired) electrons. The number of hydrogen-bond donors (Lipinski definition) is 1. The van der Waals surface area contributed by atoms with E-state index < -0.39 is 9.84 Å². The summed E-state index contributed by atoms with van der Waals surface area (Å²) >= 11 is 0.959. The normalized spacial score (nSPS) is 13.0. The molecule has 4 rings (SSSR count). The molecule has 1 aliphatic rings. The van der Waals surface area contributed by atoms with Gasteiger partial charge in [-0.2, -0.15) is 8.75 Å². The van der Waals surface area contributed by atoms with Gasteiger partial charge in [-0.3, -0.25) is 4.79 Å². The molecule has 0 saturated heterocycles. The number of carbonyl (C=O) groups excluding carboxylic acids is 1. The van der Waals surface area contributed by atoms with Gasteiger partial charge in [0.1, 0.15) is 11.0 Å². The van der Waals surface area contributed by atoms with Gasteiger partial charge in [-0.25, -0.2) is 8.42 Å². The number of nitrogens with zero attached hydrogens (tertiary/aromatic N) is 2. The van der Waals surface area contributed by atoms with Gasteiger partial charge in [-0.05, 0) is 29.8 Å². The van der Waals surface area contributed by atoms with E-state index in [1.54, 1.807) is 24.3 Å². The minimum Gasteiger partial charge on any atom is -0.454 e. The summed E-state index contributed by atoms with van der Waals surface area (Å²) in [6, 6.07) is 10.2. The predicted octanol–water partition coefficient (Wildman–Crippen LogP) is 1.90. The number of amides is 1. The molecule has 0 saturated carbocycles. The maximum absolute atomic E-state index is 12.6. The van der Waals surface area contributed by atoms with Crippen LogP contribution in [0.2, 0.25) is 0 Å². The van der Waals surface area contributed by atoms with E-state index in [1.165, 1.54) is 6.07 Å². The Kier molecular flexibility index (Phi) is 4.66. The van der Waals surface area contributed by atoms with E-state index in [-0.39, 0.29) is 36.3 Å². The van der Waals surface area contributed by atoms with Gasteiger partial charge in [0.25, 0.3) is 0 Å². The van der Waals surface area contributed by atoms with Gasteiger partial charge >= 0.3 is 0 Å². The van der Waals surface area contributed by atoms with Gasteiger partial charge < -0.3 is 14.8 Å². The first-order valence-corrected chi connectivity index (χ1v) is 10.5. The highest BCUT2D eigenvalue weighted by atomic mass is 32.2. The second kappa shape index (κ2) is 7.12. The maximum Gasteiger partial charge on any atom is 0.231 e. The van der Waals surface area contributed by atoms with Crippen LogP contribution in [-0.2, 0) is 21.2 Å². The van der Waals surface area contributed by atoms with Crippen LogP contribution >= 0.6 is 11.7 Å². The third kappa shape index (κ3) is 3.71. The predicted molar refractivity (Wildman–Crippen MR) is 98.5 cm³/mol. The molecule has 0 unspecified atom stereocenters. The number of benzene rings is 2. The third-order valence-electron chi connectivity index (χ3n) is 4.11. The fourth-order valence-corrected chi connectivity index (χ4v) is 4.72. The molecule has 3 aromatic rings. The average molecular weight is 405 g/mol. The molecule has 1 N–H and O–H groups in total. The smallest absolute Gasteiger partial charge is 0.231 e. The summed E-state index contributed by atoms with van der Waals surface area (Å²) in [7, 11) is -3.64. The third-order valence-corrected chi connectivity index (χ3v) is 6.39. The van der Waals surface area contributed by atoms with Gasteiger partial charge in [0, 0.05) is 13.0 Å². The molecule has 1 aliphatic heterocycles. The fourth-order valence-electron chi connectivity index (χ4n) is 2.71. The van der Waals surface area contributed by atoms with Crippen molar-refractivity contribution in [3.8, 4) is 11.5 Å². The molecule has 10 heteroatoms. The molecular formula is C17H15N3O5S2. The Hall–Kier alpha value is -2.72. The largest absolute Gasteiger partial charge is 0.454 e. The first-order chi connectivity index (χ1) is 13.0. The number of rotatable bonds is 6. The SMILES string of the molecule is O=C(CCS(=O)(=O)c1cccc2nsnc12)NCc1ccc2c(c1)OCO2. The Bertz CT molecular complexity index is 1110. The van der Waals surface area contributed by atoms with E-state index >= 15 is 0 Å². The van der Waals surface area contributed by atoms with E-state index in [0.29, 0.717) is 22.5 Å². The summed E-state index contributed by atoms with van der Waals surface area (Å²) in [6.45, 7) is 0.464. The van der Waals surface area contributed by atoms with Crippen LogP contribution in [-0.4, -0.2) is 35.6 Å². The molecule has 0 aliphatic carbocycles. The van der Waals surface area contributed by atoms with E-state index in [2.05, 4.69) is 14.1 Å². The molecule has 0 atom stereocenters.